The quantitative estimate of drug-likeness (QED) is 0.941. The highest BCUT2D eigenvalue weighted by molar-refractivity contribution is 6.02. The van der Waals surface area contributed by atoms with E-state index in [-0.39, 0.29) is 18.4 Å². The van der Waals surface area contributed by atoms with E-state index in [0.717, 1.165) is 16.8 Å². The van der Waals surface area contributed by atoms with Gasteiger partial charge in [-0.15, -0.1) is 0 Å². The number of benzene rings is 2. The van der Waals surface area contributed by atoms with Crippen molar-refractivity contribution < 1.29 is 9.59 Å². The number of aryl methyl sites for hydroxylation is 1. The van der Waals surface area contributed by atoms with Gasteiger partial charge in [0.15, 0.2) is 0 Å². The number of carbonyl (C=O) groups is 2. The highest BCUT2D eigenvalue weighted by atomic mass is 16.2. The van der Waals surface area contributed by atoms with Crippen LogP contribution in [-0.2, 0) is 9.59 Å². The van der Waals surface area contributed by atoms with Crippen LogP contribution in [0.1, 0.15) is 18.1 Å². The molecular weight excluding hydrogens is 276 g/mol. The molecule has 0 aliphatic rings. The molecule has 2 aromatic rings. The first-order chi connectivity index (χ1) is 10.5. The van der Waals surface area contributed by atoms with Crippen molar-refractivity contribution in [2.75, 3.05) is 16.8 Å². The molecule has 1 N–H and O–H groups in total. The molecule has 0 aromatic heterocycles. The van der Waals surface area contributed by atoms with Crippen molar-refractivity contribution in [1.29, 1.82) is 0 Å². The molecule has 0 aliphatic heterocycles. The van der Waals surface area contributed by atoms with Crippen LogP contribution in [0.2, 0.25) is 0 Å². The molecule has 0 atom stereocenters. The minimum Gasteiger partial charge on any atom is -0.324 e. The topological polar surface area (TPSA) is 49.4 Å². The molecular formula is C18H20N2O2. The first kappa shape index (κ1) is 15.8. The third kappa shape index (κ3) is 3.73. The van der Waals surface area contributed by atoms with Gasteiger partial charge in [-0.05, 0) is 43.2 Å². The Kier molecular flexibility index (Phi) is 4.94. The van der Waals surface area contributed by atoms with Crippen LogP contribution in [-0.4, -0.2) is 18.4 Å². The zero-order valence-electron chi connectivity index (χ0n) is 13.1. The van der Waals surface area contributed by atoms with Gasteiger partial charge >= 0.3 is 0 Å². The van der Waals surface area contributed by atoms with Gasteiger partial charge in [0, 0.05) is 18.3 Å². The van der Waals surface area contributed by atoms with E-state index in [2.05, 4.69) is 5.32 Å². The van der Waals surface area contributed by atoms with E-state index in [1.807, 2.05) is 62.4 Å². The number of nitrogens with one attached hydrogen (secondary N) is 1. The van der Waals surface area contributed by atoms with Gasteiger partial charge in [-0.2, -0.15) is 0 Å². The van der Waals surface area contributed by atoms with Crippen LogP contribution in [0.3, 0.4) is 0 Å². The van der Waals surface area contributed by atoms with Gasteiger partial charge < -0.3 is 10.2 Å². The maximum atomic E-state index is 12.3. The zero-order chi connectivity index (χ0) is 16.1. The maximum Gasteiger partial charge on any atom is 0.244 e. The fourth-order valence-electron chi connectivity index (χ4n) is 2.21. The summed E-state index contributed by atoms with van der Waals surface area (Å²) < 4.78 is 0. The van der Waals surface area contributed by atoms with Crippen molar-refractivity contribution >= 4 is 23.2 Å². The molecule has 0 heterocycles. The molecule has 0 unspecified atom stereocenters. The van der Waals surface area contributed by atoms with Gasteiger partial charge in [-0.1, -0.05) is 30.3 Å². The summed E-state index contributed by atoms with van der Waals surface area (Å²) in [5, 5.41) is 2.87. The van der Waals surface area contributed by atoms with Crippen LogP contribution < -0.4 is 10.2 Å². The lowest BCUT2D eigenvalue weighted by Gasteiger charge is -2.21. The van der Waals surface area contributed by atoms with Gasteiger partial charge in [0.1, 0.15) is 6.54 Å². The standard InChI is InChI=1S/C18H20N2O2/c1-13-8-7-11-17(14(13)2)19-18(22)12-20(15(3)21)16-9-5-4-6-10-16/h4-11H,12H2,1-3H3,(H,19,22). The molecule has 0 saturated heterocycles. The van der Waals surface area contributed by atoms with E-state index in [9.17, 15) is 9.59 Å². The molecule has 0 bridgehead atoms. The Hall–Kier alpha value is -2.62. The van der Waals surface area contributed by atoms with Crippen LogP contribution in [0.15, 0.2) is 48.5 Å². The number of para-hydroxylation sites is 1. The highest BCUT2D eigenvalue weighted by Crippen LogP contribution is 2.18. The summed E-state index contributed by atoms with van der Waals surface area (Å²) in [6.45, 7) is 5.41. The summed E-state index contributed by atoms with van der Waals surface area (Å²) >= 11 is 0. The molecule has 114 valence electrons. The molecule has 0 aliphatic carbocycles. The van der Waals surface area contributed by atoms with Crippen LogP contribution in [0, 0.1) is 13.8 Å². The number of anilines is 2. The van der Waals surface area contributed by atoms with Crippen LogP contribution in [0.25, 0.3) is 0 Å². The van der Waals surface area contributed by atoms with Gasteiger partial charge in [0.05, 0.1) is 0 Å². The largest absolute Gasteiger partial charge is 0.324 e. The molecule has 0 fully saturated rings. The fourth-order valence-corrected chi connectivity index (χ4v) is 2.21. The molecule has 2 rings (SSSR count). The Morgan fingerprint density at radius 3 is 2.32 bits per heavy atom. The van der Waals surface area contributed by atoms with Gasteiger partial charge in [0.2, 0.25) is 11.8 Å². The SMILES string of the molecule is CC(=O)N(CC(=O)Nc1cccc(C)c1C)c1ccccc1. The van der Waals surface area contributed by atoms with Crippen LogP contribution in [0.4, 0.5) is 11.4 Å². The van der Waals surface area contributed by atoms with E-state index in [1.165, 1.54) is 11.8 Å². The fraction of sp³-hybridized carbons (Fsp3) is 0.222. The Morgan fingerprint density at radius 2 is 1.68 bits per heavy atom. The van der Waals surface area contributed by atoms with Crippen molar-refractivity contribution in [1.82, 2.24) is 0 Å². The van der Waals surface area contributed by atoms with E-state index in [4.69, 9.17) is 0 Å². The minimum absolute atomic E-state index is 0.00721. The summed E-state index contributed by atoms with van der Waals surface area (Å²) in [4.78, 5) is 25.5. The van der Waals surface area contributed by atoms with Gasteiger partial charge in [-0.3, -0.25) is 9.59 Å². The lowest BCUT2D eigenvalue weighted by Crippen LogP contribution is -2.36. The number of hydrogen-bond acceptors (Lipinski definition) is 2. The average Bonchev–Trinajstić information content (AvgIpc) is 2.50. The Labute approximate surface area is 130 Å². The number of rotatable bonds is 4. The maximum absolute atomic E-state index is 12.3. The lowest BCUT2D eigenvalue weighted by molar-refractivity contribution is -0.120. The van der Waals surface area contributed by atoms with E-state index < -0.39 is 0 Å². The molecule has 0 spiro atoms. The molecule has 4 nitrogen and oxygen atoms in total. The average molecular weight is 296 g/mol. The van der Waals surface area contributed by atoms with Crippen molar-refractivity contribution in [3.63, 3.8) is 0 Å². The Morgan fingerprint density at radius 1 is 1.00 bits per heavy atom. The predicted molar refractivity (Wildman–Crippen MR) is 89.0 cm³/mol. The van der Waals surface area contributed by atoms with Gasteiger partial charge in [0.25, 0.3) is 0 Å². The first-order valence-corrected chi connectivity index (χ1v) is 7.18. The van der Waals surface area contributed by atoms with Gasteiger partial charge in [-0.25, -0.2) is 0 Å². The smallest absolute Gasteiger partial charge is 0.244 e. The third-order valence-electron chi connectivity index (χ3n) is 3.63. The molecule has 2 aromatic carbocycles. The molecule has 0 radical (unpaired) electrons. The second-order valence-corrected chi connectivity index (χ2v) is 5.24. The normalized spacial score (nSPS) is 10.1. The summed E-state index contributed by atoms with van der Waals surface area (Å²) in [6.07, 6.45) is 0. The predicted octanol–water partition coefficient (Wildman–Crippen LogP) is 3.30. The zero-order valence-corrected chi connectivity index (χ0v) is 13.1. The minimum atomic E-state index is -0.215. The first-order valence-electron chi connectivity index (χ1n) is 7.18. The summed E-state index contributed by atoms with van der Waals surface area (Å²) in [5.74, 6) is -0.380. The summed E-state index contributed by atoms with van der Waals surface area (Å²) in [7, 11) is 0. The Bertz CT molecular complexity index is 681. The molecule has 22 heavy (non-hydrogen) atoms. The van der Waals surface area contributed by atoms with E-state index in [1.54, 1.807) is 0 Å². The second kappa shape index (κ2) is 6.89. The number of amides is 2. The molecule has 4 heteroatoms. The van der Waals surface area contributed by atoms with Crippen molar-refractivity contribution in [3.8, 4) is 0 Å². The van der Waals surface area contributed by atoms with Crippen molar-refractivity contribution in [3.05, 3.63) is 59.7 Å². The number of carbonyl (C=O) groups excluding carboxylic acids is 2. The third-order valence-corrected chi connectivity index (χ3v) is 3.63. The second-order valence-electron chi connectivity index (χ2n) is 5.24. The number of hydrogen-bond donors (Lipinski definition) is 1. The van der Waals surface area contributed by atoms with Crippen molar-refractivity contribution in [2.45, 2.75) is 20.8 Å². The van der Waals surface area contributed by atoms with E-state index in [0.29, 0.717) is 5.69 Å². The van der Waals surface area contributed by atoms with Crippen molar-refractivity contribution in [2.24, 2.45) is 0 Å². The van der Waals surface area contributed by atoms with Crippen LogP contribution >= 0.6 is 0 Å². The number of nitrogens with zero attached hydrogens (tertiary/aromatic N) is 1. The summed E-state index contributed by atoms with van der Waals surface area (Å²) in [6, 6.07) is 14.9. The monoisotopic (exact) mass is 296 g/mol. The Balaban J connectivity index is 2.12. The molecule has 2 amide bonds. The van der Waals surface area contributed by atoms with E-state index >= 15 is 0 Å². The highest BCUT2D eigenvalue weighted by Gasteiger charge is 2.16. The summed E-state index contributed by atoms with van der Waals surface area (Å²) in [5.41, 5.74) is 3.64. The molecule has 0 saturated carbocycles. The van der Waals surface area contributed by atoms with Crippen LogP contribution in [0.5, 0.6) is 0 Å². The lowest BCUT2D eigenvalue weighted by atomic mass is 10.1.